The number of rotatable bonds is 0. The molecule has 1 unspecified atom stereocenters. The number of allylic oxidation sites excluding steroid dienone is 2. The predicted octanol–water partition coefficient (Wildman–Crippen LogP) is 3.01. The van der Waals surface area contributed by atoms with Crippen molar-refractivity contribution in [1.82, 2.24) is 0 Å². The zero-order valence-electron chi connectivity index (χ0n) is 7.88. The van der Waals surface area contributed by atoms with Crippen LogP contribution in [0.15, 0.2) is 10.0 Å². The van der Waals surface area contributed by atoms with Crippen molar-refractivity contribution >= 4 is 15.0 Å². The monoisotopic (exact) mass is 241 g/mol. The van der Waals surface area contributed by atoms with Gasteiger partial charge in [0.25, 0.3) is 0 Å². The summed E-state index contributed by atoms with van der Waals surface area (Å²) in [6, 6.07) is 2.45. The van der Waals surface area contributed by atoms with Crippen molar-refractivity contribution in [2.75, 3.05) is 0 Å². The van der Waals surface area contributed by atoms with E-state index in [0.717, 1.165) is 6.42 Å². The molecule has 0 saturated heterocycles. The third-order valence-electron chi connectivity index (χ3n) is 2.89. The first-order valence-corrected chi connectivity index (χ1v) is 7.02. The minimum absolute atomic E-state index is 0.385. The van der Waals surface area contributed by atoms with Gasteiger partial charge in [-0.1, -0.05) is 0 Å². The third-order valence-corrected chi connectivity index (χ3v) is 5.69. The van der Waals surface area contributed by atoms with Gasteiger partial charge in [-0.05, 0) is 0 Å². The van der Waals surface area contributed by atoms with Gasteiger partial charge in [0.15, 0.2) is 0 Å². The predicted molar refractivity (Wildman–Crippen MR) is 54.5 cm³/mol. The van der Waals surface area contributed by atoms with Crippen molar-refractivity contribution in [2.24, 2.45) is 0 Å². The Kier molecular flexibility index (Phi) is 3.09. The zero-order valence-corrected chi connectivity index (χ0v) is 9.60. The van der Waals surface area contributed by atoms with Crippen LogP contribution in [0.4, 0.5) is 0 Å². The summed E-state index contributed by atoms with van der Waals surface area (Å²) in [6.07, 6.45) is 9.28. The molecule has 0 saturated carbocycles. The summed E-state index contributed by atoms with van der Waals surface area (Å²) in [5, 5.41) is 8.89. The maximum atomic E-state index is 8.89. The van der Waals surface area contributed by atoms with Gasteiger partial charge in [-0.2, -0.15) is 0 Å². The molecule has 1 atom stereocenters. The van der Waals surface area contributed by atoms with Crippen LogP contribution >= 0.6 is 0 Å². The van der Waals surface area contributed by atoms with E-state index in [9.17, 15) is 0 Å². The van der Waals surface area contributed by atoms with Crippen LogP contribution in [0.25, 0.3) is 0 Å². The zero-order chi connectivity index (χ0) is 9.10. The third kappa shape index (κ3) is 2.16. The van der Waals surface area contributed by atoms with Crippen molar-refractivity contribution < 1.29 is 0 Å². The number of hydrogen-bond acceptors (Lipinski definition) is 1. The van der Waals surface area contributed by atoms with Gasteiger partial charge in [0.1, 0.15) is 0 Å². The van der Waals surface area contributed by atoms with Crippen molar-refractivity contribution in [1.29, 1.82) is 5.26 Å². The first kappa shape index (κ1) is 9.31. The quantitative estimate of drug-likeness (QED) is 0.597. The Morgan fingerprint density at radius 1 is 1.15 bits per heavy atom. The standard InChI is InChI=1S/C11H15NSe/c12-8-10-7-9-5-3-1-2-4-6-11(9)13-10/h10H,1-7H2. The van der Waals surface area contributed by atoms with Crippen molar-refractivity contribution in [3.63, 3.8) is 0 Å². The Hall–Kier alpha value is -0.251. The Morgan fingerprint density at radius 3 is 2.69 bits per heavy atom. The Bertz CT molecular complexity index is 242. The first-order chi connectivity index (χ1) is 6.40. The van der Waals surface area contributed by atoms with E-state index in [2.05, 4.69) is 6.07 Å². The van der Waals surface area contributed by atoms with Crippen LogP contribution in [0.3, 0.4) is 0 Å². The Labute approximate surface area is 86.4 Å². The summed E-state index contributed by atoms with van der Waals surface area (Å²) < 4.78 is 1.71. The van der Waals surface area contributed by atoms with E-state index in [-0.39, 0.29) is 0 Å². The molecule has 1 aliphatic carbocycles. The van der Waals surface area contributed by atoms with Crippen molar-refractivity contribution in [3.05, 3.63) is 10.0 Å². The molecule has 0 aromatic heterocycles. The van der Waals surface area contributed by atoms with Gasteiger partial charge in [-0.3, -0.25) is 0 Å². The summed E-state index contributed by atoms with van der Waals surface area (Å²) in [5.41, 5.74) is 1.67. The van der Waals surface area contributed by atoms with E-state index in [1.54, 1.807) is 10.0 Å². The van der Waals surface area contributed by atoms with Gasteiger partial charge in [0.05, 0.1) is 0 Å². The second kappa shape index (κ2) is 4.31. The summed E-state index contributed by atoms with van der Waals surface area (Å²) in [4.78, 5) is 0.385. The van der Waals surface area contributed by atoms with Gasteiger partial charge in [-0.15, -0.1) is 0 Å². The molecule has 0 radical (unpaired) electrons. The van der Waals surface area contributed by atoms with E-state index in [0.29, 0.717) is 19.8 Å². The topological polar surface area (TPSA) is 23.8 Å². The van der Waals surface area contributed by atoms with Crippen LogP contribution in [0.1, 0.15) is 44.9 Å². The molecule has 0 N–H and O–H groups in total. The second-order valence-electron chi connectivity index (χ2n) is 3.88. The average Bonchev–Trinajstić information content (AvgIpc) is 2.47. The summed E-state index contributed by atoms with van der Waals surface area (Å²) >= 11 is 0.529. The van der Waals surface area contributed by atoms with Crippen LogP contribution in [-0.4, -0.2) is 15.0 Å². The molecule has 2 rings (SSSR count). The van der Waals surface area contributed by atoms with Crippen LogP contribution in [0.5, 0.6) is 0 Å². The van der Waals surface area contributed by atoms with Gasteiger partial charge < -0.3 is 0 Å². The van der Waals surface area contributed by atoms with Crippen LogP contribution in [0.2, 0.25) is 4.82 Å². The Balaban J connectivity index is 2.05. The summed E-state index contributed by atoms with van der Waals surface area (Å²) in [7, 11) is 0. The number of nitriles is 1. The fourth-order valence-electron chi connectivity index (χ4n) is 2.16. The van der Waals surface area contributed by atoms with Crippen molar-refractivity contribution in [3.8, 4) is 6.07 Å². The van der Waals surface area contributed by atoms with E-state index in [4.69, 9.17) is 5.26 Å². The van der Waals surface area contributed by atoms with E-state index >= 15 is 0 Å². The molecule has 0 bridgehead atoms. The average molecular weight is 240 g/mol. The molecule has 0 amide bonds. The summed E-state index contributed by atoms with van der Waals surface area (Å²) in [5.74, 6) is 0. The molecular weight excluding hydrogens is 225 g/mol. The minimum atomic E-state index is 0.385. The number of nitrogens with zero attached hydrogens (tertiary/aromatic N) is 1. The molecule has 0 fully saturated rings. The van der Waals surface area contributed by atoms with Gasteiger partial charge in [0, 0.05) is 0 Å². The molecule has 2 aliphatic rings. The molecule has 1 nitrogen and oxygen atoms in total. The molecule has 70 valence electrons. The maximum absolute atomic E-state index is 8.89. The van der Waals surface area contributed by atoms with E-state index in [1.807, 2.05) is 0 Å². The molecule has 2 heteroatoms. The van der Waals surface area contributed by atoms with Crippen LogP contribution < -0.4 is 0 Å². The Morgan fingerprint density at radius 2 is 1.92 bits per heavy atom. The van der Waals surface area contributed by atoms with Crippen LogP contribution in [0, 0.1) is 11.3 Å². The molecule has 0 spiro atoms. The molecule has 13 heavy (non-hydrogen) atoms. The summed E-state index contributed by atoms with van der Waals surface area (Å²) in [6.45, 7) is 0. The molecule has 1 heterocycles. The van der Waals surface area contributed by atoms with E-state index < -0.39 is 0 Å². The molecular formula is C11H15NSe. The molecule has 0 aromatic carbocycles. The first-order valence-electron chi connectivity index (χ1n) is 5.17. The normalized spacial score (nSPS) is 29.0. The van der Waals surface area contributed by atoms with Crippen LogP contribution in [-0.2, 0) is 0 Å². The molecule has 1 aliphatic heterocycles. The SMILES string of the molecule is N#CC1CC2=C(CCCCCC2)[Se]1. The fraction of sp³-hybridized carbons (Fsp3) is 0.727. The van der Waals surface area contributed by atoms with Gasteiger partial charge >= 0.3 is 86.1 Å². The van der Waals surface area contributed by atoms with E-state index in [1.165, 1.54) is 38.5 Å². The number of hydrogen-bond donors (Lipinski definition) is 0. The van der Waals surface area contributed by atoms with Gasteiger partial charge in [-0.25, -0.2) is 0 Å². The van der Waals surface area contributed by atoms with Gasteiger partial charge in [0.2, 0.25) is 0 Å². The fourth-order valence-corrected chi connectivity index (χ4v) is 4.88. The van der Waals surface area contributed by atoms with Crippen molar-refractivity contribution in [2.45, 2.75) is 49.8 Å². The second-order valence-corrected chi connectivity index (χ2v) is 6.60. The molecule has 0 aromatic rings.